The van der Waals surface area contributed by atoms with Gasteiger partial charge in [-0.1, -0.05) is 0 Å². The molecule has 82 valence electrons. The van der Waals surface area contributed by atoms with Gasteiger partial charge >= 0.3 is 0 Å². The van der Waals surface area contributed by atoms with E-state index in [-0.39, 0.29) is 11.6 Å². The number of thiazole rings is 1. The van der Waals surface area contributed by atoms with E-state index in [2.05, 4.69) is 15.3 Å². The highest BCUT2D eigenvalue weighted by Crippen LogP contribution is 2.15. The number of amides is 2. The summed E-state index contributed by atoms with van der Waals surface area (Å²) < 4.78 is 0. The Labute approximate surface area is 94.5 Å². The van der Waals surface area contributed by atoms with E-state index in [0.717, 1.165) is 11.3 Å². The van der Waals surface area contributed by atoms with Crippen LogP contribution >= 0.6 is 11.3 Å². The first-order valence-electron chi connectivity index (χ1n) is 4.37. The summed E-state index contributed by atoms with van der Waals surface area (Å²) in [6, 6.07) is 3.35. The van der Waals surface area contributed by atoms with Gasteiger partial charge in [0.15, 0.2) is 5.13 Å². The third kappa shape index (κ3) is 2.09. The zero-order valence-corrected chi connectivity index (χ0v) is 8.88. The van der Waals surface area contributed by atoms with Crippen molar-refractivity contribution in [3.05, 3.63) is 35.1 Å². The third-order valence-electron chi connectivity index (χ3n) is 1.82. The number of aromatic amines is 1. The lowest BCUT2D eigenvalue weighted by Gasteiger charge is -1.97. The molecule has 0 atom stereocenters. The number of hydrogen-bond donors (Lipinski definition) is 3. The molecule has 0 aliphatic heterocycles. The second-order valence-electron chi connectivity index (χ2n) is 2.94. The van der Waals surface area contributed by atoms with Crippen LogP contribution in [-0.4, -0.2) is 21.8 Å². The Hall–Kier alpha value is -2.15. The Morgan fingerprint density at radius 2 is 2.31 bits per heavy atom. The highest BCUT2D eigenvalue weighted by atomic mass is 32.1. The molecule has 0 spiro atoms. The summed E-state index contributed by atoms with van der Waals surface area (Å²) in [4.78, 5) is 29.0. The minimum Gasteiger partial charge on any atom is -0.364 e. The lowest BCUT2D eigenvalue weighted by Crippen LogP contribution is -2.14. The molecule has 2 aromatic heterocycles. The van der Waals surface area contributed by atoms with Crippen LogP contribution in [0.15, 0.2) is 23.7 Å². The zero-order chi connectivity index (χ0) is 11.5. The number of primary amides is 1. The van der Waals surface area contributed by atoms with Crippen LogP contribution in [0.5, 0.6) is 0 Å². The minimum atomic E-state index is -0.614. The van der Waals surface area contributed by atoms with Gasteiger partial charge in [0.1, 0.15) is 11.4 Å². The molecule has 2 amide bonds. The number of nitrogens with one attached hydrogen (secondary N) is 2. The van der Waals surface area contributed by atoms with Crippen molar-refractivity contribution in [2.24, 2.45) is 5.73 Å². The fourth-order valence-electron chi connectivity index (χ4n) is 1.08. The Bertz CT molecular complexity index is 517. The largest absolute Gasteiger partial charge is 0.364 e. The summed E-state index contributed by atoms with van der Waals surface area (Å²) >= 11 is 1.15. The third-order valence-corrected chi connectivity index (χ3v) is 2.58. The number of anilines is 1. The average Bonchev–Trinajstić information content (AvgIpc) is 2.87. The van der Waals surface area contributed by atoms with E-state index >= 15 is 0 Å². The molecular weight excluding hydrogens is 228 g/mol. The standard InChI is InChI=1S/C9H8N4O2S/c10-7(14)6-4-16-9(12-6)13-8(15)5-2-1-3-11-5/h1-4,11H,(H2,10,14)(H,12,13,15). The molecule has 0 saturated heterocycles. The van der Waals surface area contributed by atoms with Gasteiger partial charge in [0.25, 0.3) is 11.8 Å². The summed E-state index contributed by atoms with van der Waals surface area (Å²) in [5, 5.41) is 4.38. The van der Waals surface area contributed by atoms with Crippen LogP contribution in [-0.2, 0) is 0 Å². The van der Waals surface area contributed by atoms with Crippen molar-refractivity contribution >= 4 is 28.3 Å². The highest BCUT2D eigenvalue weighted by molar-refractivity contribution is 7.14. The number of aromatic nitrogens is 2. The molecular formula is C9H8N4O2S. The highest BCUT2D eigenvalue weighted by Gasteiger charge is 2.11. The van der Waals surface area contributed by atoms with Crippen molar-refractivity contribution < 1.29 is 9.59 Å². The van der Waals surface area contributed by atoms with Crippen LogP contribution < -0.4 is 11.1 Å². The van der Waals surface area contributed by atoms with E-state index in [4.69, 9.17) is 5.73 Å². The fourth-order valence-corrected chi connectivity index (χ4v) is 1.78. The van der Waals surface area contributed by atoms with Gasteiger partial charge in [0, 0.05) is 11.6 Å². The molecule has 0 aromatic carbocycles. The van der Waals surface area contributed by atoms with Gasteiger partial charge in [-0.25, -0.2) is 4.98 Å². The van der Waals surface area contributed by atoms with Gasteiger partial charge in [-0.05, 0) is 12.1 Å². The van der Waals surface area contributed by atoms with Gasteiger partial charge in [-0.2, -0.15) is 0 Å². The number of H-pyrrole nitrogens is 1. The molecule has 0 fully saturated rings. The van der Waals surface area contributed by atoms with Crippen molar-refractivity contribution in [2.75, 3.05) is 5.32 Å². The van der Waals surface area contributed by atoms with Crippen molar-refractivity contribution in [1.29, 1.82) is 0 Å². The van der Waals surface area contributed by atoms with Crippen LogP contribution in [0.2, 0.25) is 0 Å². The first-order chi connectivity index (χ1) is 7.66. The minimum absolute atomic E-state index is 0.145. The second-order valence-corrected chi connectivity index (χ2v) is 3.80. The Kier molecular flexibility index (Phi) is 2.69. The molecule has 4 N–H and O–H groups in total. The van der Waals surface area contributed by atoms with Crippen LogP contribution in [0.25, 0.3) is 0 Å². The summed E-state index contributed by atoms with van der Waals surface area (Å²) in [6.07, 6.45) is 1.64. The molecule has 0 saturated carbocycles. The number of nitrogens with zero attached hydrogens (tertiary/aromatic N) is 1. The SMILES string of the molecule is NC(=O)c1csc(NC(=O)c2ccc[nH]2)n1. The van der Waals surface area contributed by atoms with Crippen LogP contribution in [0, 0.1) is 0 Å². The molecule has 0 aliphatic rings. The molecule has 0 unspecified atom stereocenters. The summed E-state index contributed by atoms with van der Waals surface area (Å²) in [5.41, 5.74) is 5.61. The van der Waals surface area contributed by atoms with Crippen LogP contribution in [0.1, 0.15) is 21.0 Å². The number of carbonyl (C=O) groups excluding carboxylic acids is 2. The second kappa shape index (κ2) is 4.15. The van der Waals surface area contributed by atoms with E-state index in [1.54, 1.807) is 18.3 Å². The van der Waals surface area contributed by atoms with Gasteiger partial charge < -0.3 is 10.7 Å². The van der Waals surface area contributed by atoms with Gasteiger partial charge in [-0.15, -0.1) is 11.3 Å². The zero-order valence-electron chi connectivity index (χ0n) is 8.06. The summed E-state index contributed by atoms with van der Waals surface area (Å²) in [6.45, 7) is 0. The van der Waals surface area contributed by atoms with E-state index in [0.29, 0.717) is 10.8 Å². The molecule has 0 aliphatic carbocycles. The molecule has 16 heavy (non-hydrogen) atoms. The maximum absolute atomic E-state index is 11.6. The number of hydrogen-bond acceptors (Lipinski definition) is 4. The van der Waals surface area contributed by atoms with Gasteiger partial charge in [0.2, 0.25) is 0 Å². The Morgan fingerprint density at radius 3 is 2.88 bits per heavy atom. The Balaban J connectivity index is 2.09. The average molecular weight is 236 g/mol. The quantitative estimate of drug-likeness (QED) is 0.735. The molecule has 2 rings (SSSR count). The summed E-state index contributed by atoms with van der Waals surface area (Å²) in [5.74, 6) is -0.924. The lowest BCUT2D eigenvalue weighted by molar-refractivity contribution is 0.0991. The van der Waals surface area contributed by atoms with Crippen LogP contribution in [0.3, 0.4) is 0 Å². The predicted octanol–water partition coefficient (Wildman–Crippen LogP) is 0.822. The van der Waals surface area contributed by atoms with Gasteiger partial charge in [-0.3, -0.25) is 14.9 Å². The normalized spacial score (nSPS) is 10.0. The van der Waals surface area contributed by atoms with Crippen molar-refractivity contribution in [3.8, 4) is 0 Å². The molecule has 2 aromatic rings. The topological polar surface area (TPSA) is 101 Å². The van der Waals surface area contributed by atoms with Crippen molar-refractivity contribution in [1.82, 2.24) is 9.97 Å². The van der Waals surface area contributed by atoms with Crippen molar-refractivity contribution in [3.63, 3.8) is 0 Å². The number of nitrogens with two attached hydrogens (primary N) is 1. The molecule has 0 radical (unpaired) electrons. The first kappa shape index (κ1) is 10.4. The van der Waals surface area contributed by atoms with Crippen molar-refractivity contribution in [2.45, 2.75) is 0 Å². The monoisotopic (exact) mass is 236 g/mol. The maximum atomic E-state index is 11.6. The first-order valence-corrected chi connectivity index (χ1v) is 5.25. The van der Waals surface area contributed by atoms with E-state index in [9.17, 15) is 9.59 Å². The van der Waals surface area contributed by atoms with E-state index in [1.165, 1.54) is 5.38 Å². The van der Waals surface area contributed by atoms with E-state index < -0.39 is 5.91 Å². The lowest BCUT2D eigenvalue weighted by atomic mass is 10.4. The van der Waals surface area contributed by atoms with E-state index in [1.807, 2.05) is 0 Å². The fraction of sp³-hybridized carbons (Fsp3) is 0. The van der Waals surface area contributed by atoms with Gasteiger partial charge in [0.05, 0.1) is 0 Å². The predicted molar refractivity (Wildman–Crippen MR) is 59.4 cm³/mol. The summed E-state index contributed by atoms with van der Waals surface area (Å²) in [7, 11) is 0. The maximum Gasteiger partial charge on any atom is 0.273 e. The Morgan fingerprint density at radius 1 is 1.50 bits per heavy atom. The number of rotatable bonds is 3. The van der Waals surface area contributed by atoms with Crippen LogP contribution in [0.4, 0.5) is 5.13 Å². The molecule has 2 heterocycles. The smallest absolute Gasteiger partial charge is 0.273 e. The molecule has 7 heteroatoms. The molecule has 6 nitrogen and oxygen atoms in total. The number of carbonyl (C=O) groups is 2. The molecule has 0 bridgehead atoms.